The largest absolute Gasteiger partial charge is 0.482 e. The lowest BCUT2D eigenvalue weighted by atomic mass is 10.1. The van der Waals surface area contributed by atoms with E-state index in [1.54, 1.807) is 4.90 Å². The fraction of sp³-hybridized carbons (Fsp3) is 0.643. The summed E-state index contributed by atoms with van der Waals surface area (Å²) in [6.07, 6.45) is -3.10. The van der Waals surface area contributed by atoms with Crippen LogP contribution >= 0.6 is 15.6 Å². The molecular weight excluding hydrogens is 646 g/mol. The van der Waals surface area contributed by atoms with Crippen LogP contribution in [0.5, 0.6) is 0 Å². The van der Waals surface area contributed by atoms with E-state index in [2.05, 4.69) is 23.1 Å². The number of aliphatic hydroxyl groups excluding tert-OH is 2. The number of aliphatic hydroxyl groups is 2. The Morgan fingerprint density at radius 2 is 1.48 bits per heavy atom. The van der Waals surface area contributed by atoms with Gasteiger partial charge in [0.05, 0.1) is 6.61 Å². The molecule has 2 aromatic rings. The molecule has 260 valence electrons. The average Bonchev–Trinajstić information content (AvgIpc) is 3.30. The molecule has 0 aliphatic carbocycles. The zero-order chi connectivity index (χ0) is 33.9. The minimum Gasteiger partial charge on any atom is -0.387 e. The Hall–Kier alpha value is -2.04. The molecule has 3 rings (SSSR count). The fourth-order valence-electron chi connectivity index (χ4n) is 4.94. The van der Waals surface area contributed by atoms with Gasteiger partial charge in [0.25, 0.3) is 5.56 Å². The number of phosphoric ester groups is 2. The highest BCUT2D eigenvalue weighted by atomic mass is 31.3. The second-order valence-electron chi connectivity index (χ2n) is 10.8. The summed E-state index contributed by atoms with van der Waals surface area (Å²) in [6, 6.07) is 10.3. The molecule has 1 saturated heterocycles. The van der Waals surface area contributed by atoms with Crippen LogP contribution in [0.4, 0.5) is 0 Å². The standard InChI is InChI=1S/C28H46N4O12P2/c1-4-29(5-2)16-10-11-17-30(6-3)21-42-46(39,40)44-45(37,38)41-20-23-25(34)26(35)27(43-23)32-19-15-24(33)31(28(32)36)18-14-22-12-8-7-9-13-22/h7-9,12-13,15,19,23,25-27,34-35H,4-6,10-11,14,16-18,20-21H2,1-3H3,(H,37,38)(H,39,40)/t23?,25?,26-,27?/m0/s1. The van der Waals surface area contributed by atoms with Crippen molar-refractivity contribution < 1.29 is 47.2 Å². The third-order valence-corrected chi connectivity index (χ3v) is 10.3. The van der Waals surface area contributed by atoms with Crippen LogP contribution in [-0.2, 0) is 40.2 Å². The van der Waals surface area contributed by atoms with Crippen molar-refractivity contribution in [1.29, 1.82) is 0 Å². The predicted molar refractivity (Wildman–Crippen MR) is 168 cm³/mol. The number of aryl methyl sites for hydroxylation is 1. The summed E-state index contributed by atoms with van der Waals surface area (Å²) in [5.74, 6) is 0. The van der Waals surface area contributed by atoms with E-state index in [1.807, 2.05) is 37.3 Å². The first-order valence-electron chi connectivity index (χ1n) is 15.3. The van der Waals surface area contributed by atoms with Crippen molar-refractivity contribution in [3.63, 3.8) is 0 Å². The SMILES string of the molecule is CCN(CC)CCCCN(CC)COP(=O)(O)OP(=O)(O)OCC1OC(n2ccc(=O)n(CCc3ccccc3)c2=O)[C@@H](O)C1O. The van der Waals surface area contributed by atoms with Gasteiger partial charge in [0.1, 0.15) is 25.0 Å². The Balaban J connectivity index is 1.54. The summed E-state index contributed by atoms with van der Waals surface area (Å²) in [7, 11) is -10.3. The van der Waals surface area contributed by atoms with Crippen molar-refractivity contribution in [2.45, 2.75) is 71.1 Å². The molecule has 0 spiro atoms. The van der Waals surface area contributed by atoms with Gasteiger partial charge >= 0.3 is 21.3 Å². The molecule has 1 aromatic heterocycles. The number of rotatable bonds is 20. The third-order valence-electron chi connectivity index (χ3n) is 7.73. The second kappa shape index (κ2) is 17.9. The number of ether oxygens (including phenoxy) is 1. The van der Waals surface area contributed by atoms with Gasteiger partial charge in [0.2, 0.25) is 0 Å². The van der Waals surface area contributed by atoms with Gasteiger partial charge in [-0.2, -0.15) is 4.31 Å². The van der Waals surface area contributed by atoms with Crippen LogP contribution in [-0.4, -0.2) is 103 Å². The maximum atomic E-state index is 13.1. The molecule has 1 aliphatic heterocycles. The lowest BCUT2D eigenvalue weighted by molar-refractivity contribution is -0.0549. The molecule has 0 amide bonds. The zero-order valence-electron chi connectivity index (χ0n) is 26.4. The number of hydrogen-bond acceptors (Lipinski definition) is 12. The molecule has 0 bridgehead atoms. The van der Waals surface area contributed by atoms with Gasteiger partial charge < -0.3 is 29.6 Å². The lowest BCUT2D eigenvalue weighted by Gasteiger charge is -2.23. The first-order chi connectivity index (χ1) is 21.8. The minimum atomic E-state index is -5.23. The zero-order valence-corrected chi connectivity index (χ0v) is 28.2. The molecule has 0 saturated carbocycles. The van der Waals surface area contributed by atoms with Crippen LogP contribution < -0.4 is 11.2 Å². The molecule has 16 nitrogen and oxygen atoms in total. The third kappa shape index (κ3) is 11.3. The Bertz CT molecular complexity index is 1440. The van der Waals surface area contributed by atoms with Gasteiger partial charge in [-0.25, -0.2) is 13.9 Å². The first kappa shape index (κ1) is 38.4. The van der Waals surface area contributed by atoms with Gasteiger partial charge in [0.15, 0.2) is 6.23 Å². The summed E-state index contributed by atoms with van der Waals surface area (Å²) in [6.45, 7) is 8.73. The monoisotopic (exact) mass is 692 g/mol. The molecule has 4 N–H and O–H groups in total. The molecular formula is C28H46N4O12P2. The highest BCUT2D eigenvalue weighted by Gasteiger charge is 2.46. The van der Waals surface area contributed by atoms with Gasteiger partial charge in [-0.1, -0.05) is 51.1 Å². The summed E-state index contributed by atoms with van der Waals surface area (Å²) in [5.41, 5.74) is -0.483. The van der Waals surface area contributed by atoms with Crippen molar-refractivity contribution in [1.82, 2.24) is 18.9 Å². The maximum absolute atomic E-state index is 13.1. The van der Waals surface area contributed by atoms with E-state index in [4.69, 9.17) is 13.8 Å². The van der Waals surface area contributed by atoms with Gasteiger partial charge in [-0.15, -0.1) is 0 Å². The number of unbranched alkanes of at least 4 members (excludes halogenated alkanes) is 1. The van der Waals surface area contributed by atoms with E-state index in [0.29, 0.717) is 19.5 Å². The van der Waals surface area contributed by atoms with Gasteiger partial charge in [-0.3, -0.25) is 27.9 Å². The summed E-state index contributed by atoms with van der Waals surface area (Å²) < 4.78 is 46.5. The van der Waals surface area contributed by atoms with Crippen molar-refractivity contribution in [3.05, 3.63) is 69.0 Å². The number of aromatic nitrogens is 2. The van der Waals surface area contributed by atoms with E-state index in [-0.39, 0.29) is 13.3 Å². The van der Waals surface area contributed by atoms with Crippen LogP contribution in [0.2, 0.25) is 0 Å². The maximum Gasteiger partial charge on any atom is 0.482 e. The van der Waals surface area contributed by atoms with Crippen LogP contribution in [0, 0.1) is 0 Å². The number of phosphoric acid groups is 2. The van der Waals surface area contributed by atoms with Crippen molar-refractivity contribution in [2.24, 2.45) is 0 Å². The number of benzene rings is 1. The highest BCUT2D eigenvalue weighted by molar-refractivity contribution is 7.61. The van der Waals surface area contributed by atoms with Crippen LogP contribution in [0.3, 0.4) is 0 Å². The van der Waals surface area contributed by atoms with Crippen molar-refractivity contribution in [2.75, 3.05) is 46.1 Å². The van der Waals surface area contributed by atoms with E-state index >= 15 is 0 Å². The predicted octanol–water partition coefficient (Wildman–Crippen LogP) is 1.52. The molecule has 0 radical (unpaired) electrons. The first-order valence-corrected chi connectivity index (χ1v) is 18.3. The van der Waals surface area contributed by atoms with E-state index < -0.39 is 58.0 Å². The molecule has 1 aromatic carbocycles. The molecule has 2 heterocycles. The lowest BCUT2D eigenvalue weighted by Crippen LogP contribution is -2.43. The normalized spacial score (nSPS) is 22.7. The summed E-state index contributed by atoms with van der Waals surface area (Å²) >= 11 is 0. The second-order valence-corrected chi connectivity index (χ2v) is 13.8. The molecule has 6 atom stereocenters. The summed E-state index contributed by atoms with van der Waals surface area (Å²) in [4.78, 5) is 49.7. The molecule has 18 heteroatoms. The Morgan fingerprint density at radius 3 is 2.11 bits per heavy atom. The molecule has 1 aliphatic rings. The van der Waals surface area contributed by atoms with Crippen LogP contribution in [0.15, 0.2) is 52.2 Å². The Kier molecular flexibility index (Phi) is 15.0. The fourth-order valence-corrected chi connectivity index (χ4v) is 7.00. The van der Waals surface area contributed by atoms with Crippen LogP contribution in [0.25, 0.3) is 0 Å². The van der Waals surface area contributed by atoms with Crippen LogP contribution in [0.1, 0.15) is 45.4 Å². The van der Waals surface area contributed by atoms with Gasteiger partial charge in [-0.05, 0) is 51.0 Å². The quantitative estimate of drug-likeness (QED) is 0.0884. The number of hydrogen-bond donors (Lipinski definition) is 4. The average molecular weight is 693 g/mol. The molecule has 5 unspecified atom stereocenters. The minimum absolute atomic E-state index is 0.0431. The Labute approximate surface area is 267 Å². The van der Waals surface area contributed by atoms with E-state index in [0.717, 1.165) is 59.4 Å². The summed E-state index contributed by atoms with van der Waals surface area (Å²) in [5, 5.41) is 21.1. The molecule has 46 heavy (non-hydrogen) atoms. The van der Waals surface area contributed by atoms with E-state index in [1.165, 1.54) is 0 Å². The smallest absolute Gasteiger partial charge is 0.387 e. The number of nitrogens with zero attached hydrogens (tertiary/aromatic N) is 4. The van der Waals surface area contributed by atoms with E-state index in [9.17, 15) is 38.7 Å². The highest BCUT2D eigenvalue weighted by Crippen LogP contribution is 2.60. The molecule has 1 fully saturated rings. The Morgan fingerprint density at radius 1 is 0.870 bits per heavy atom. The van der Waals surface area contributed by atoms with Crippen molar-refractivity contribution in [3.8, 4) is 0 Å². The van der Waals surface area contributed by atoms with Crippen molar-refractivity contribution >= 4 is 15.6 Å². The topological polar surface area (TPSA) is 202 Å². The van der Waals surface area contributed by atoms with Gasteiger partial charge in [0, 0.05) is 25.4 Å².